The van der Waals surface area contributed by atoms with Gasteiger partial charge in [-0.15, -0.1) is 0 Å². The quantitative estimate of drug-likeness (QED) is 0.851. The molecule has 18 heavy (non-hydrogen) atoms. The third-order valence-corrected chi connectivity index (χ3v) is 3.68. The zero-order valence-corrected chi connectivity index (χ0v) is 11.5. The number of hydrogen-bond donors (Lipinski definition) is 1. The maximum absolute atomic E-state index is 5.99. The Bertz CT molecular complexity index is 378. The van der Waals surface area contributed by atoms with E-state index >= 15 is 0 Å². The summed E-state index contributed by atoms with van der Waals surface area (Å²) in [7, 11) is 1.59. The van der Waals surface area contributed by atoms with E-state index in [0.29, 0.717) is 22.8 Å². The fourth-order valence-electron chi connectivity index (χ4n) is 2.43. The normalized spacial score (nSPS) is 17.9. The summed E-state index contributed by atoms with van der Waals surface area (Å²) in [6.07, 6.45) is 10.4. The van der Waals surface area contributed by atoms with Crippen molar-refractivity contribution < 1.29 is 4.74 Å². The van der Waals surface area contributed by atoms with Gasteiger partial charge in [-0.25, -0.2) is 9.97 Å². The van der Waals surface area contributed by atoms with Crippen molar-refractivity contribution in [3.05, 3.63) is 11.5 Å². The van der Waals surface area contributed by atoms with E-state index in [9.17, 15) is 0 Å². The van der Waals surface area contributed by atoms with E-state index in [0.717, 1.165) is 0 Å². The largest absolute Gasteiger partial charge is 0.490 e. The standard InChI is InChI=1S/C13H20ClN3O/c1-18-11-12(14)15-9-16-13(11)17-10-7-5-3-2-4-6-8-10/h9-10H,2-8H2,1H3,(H,15,16,17). The lowest BCUT2D eigenvalue weighted by atomic mass is 9.97. The SMILES string of the molecule is COc1c(Cl)ncnc1NC1CCCCCCC1. The van der Waals surface area contributed by atoms with Gasteiger partial charge < -0.3 is 10.1 Å². The molecule has 1 N–H and O–H groups in total. The van der Waals surface area contributed by atoms with Crippen LogP contribution in [0.1, 0.15) is 44.9 Å². The van der Waals surface area contributed by atoms with Gasteiger partial charge in [0.05, 0.1) is 7.11 Å². The minimum absolute atomic E-state index is 0.362. The van der Waals surface area contributed by atoms with Crippen molar-refractivity contribution in [3.8, 4) is 5.75 Å². The summed E-state index contributed by atoms with van der Waals surface area (Å²) in [4.78, 5) is 8.15. The summed E-state index contributed by atoms with van der Waals surface area (Å²) in [6.45, 7) is 0. The topological polar surface area (TPSA) is 47.0 Å². The minimum atomic E-state index is 0.362. The van der Waals surface area contributed by atoms with E-state index < -0.39 is 0 Å². The molecule has 0 bridgehead atoms. The molecule has 0 aliphatic heterocycles. The molecule has 0 amide bonds. The Labute approximate surface area is 113 Å². The van der Waals surface area contributed by atoms with Crippen LogP contribution in [0.2, 0.25) is 5.15 Å². The Hall–Kier alpha value is -1.03. The summed E-state index contributed by atoms with van der Waals surface area (Å²) >= 11 is 5.99. The molecule has 0 radical (unpaired) electrons. The first kappa shape index (κ1) is 13.4. The van der Waals surface area contributed by atoms with Crippen LogP contribution in [0.5, 0.6) is 5.75 Å². The number of hydrogen-bond acceptors (Lipinski definition) is 4. The van der Waals surface area contributed by atoms with Crippen LogP contribution >= 0.6 is 11.6 Å². The Morgan fingerprint density at radius 3 is 2.50 bits per heavy atom. The molecule has 1 aliphatic rings. The molecule has 5 heteroatoms. The molecule has 2 rings (SSSR count). The number of anilines is 1. The fraction of sp³-hybridized carbons (Fsp3) is 0.692. The van der Waals surface area contributed by atoms with E-state index in [1.165, 1.54) is 51.3 Å². The molecule has 1 saturated carbocycles. The number of halogens is 1. The van der Waals surface area contributed by atoms with E-state index in [4.69, 9.17) is 16.3 Å². The molecule has 1 aromatic heterocycles. The van der Waals surface area contributed by atoms with Gasteiger partial charge in [0.1, 0.15) is 6.33 Å². The summed E-state index contributed by atoms with van der Waals surface area (Å²) in [5, 5.41) is 3.81. The van der Waals surface area contributed by atoms with Crippen LogP contribution in [0.15, 0.2) is 6.33 Å². The number of aromatic nitrogens is 2. The summed E-state index contributed by atoms with van der Waals surface area (Å²) in [5.41, 5.74) is 0. The van der Waals surface area contributed by atoms with E-state index in [-0.39, 0.29) is 0 Å². The number of ether oxygens (including phenoxy) is 1. The summed E-state index contributed by atoms with van der Waals surface area (Å²) < 4.78 is 5.25. The predicted molar refractivity (Wildman–Crippen MR) is 73.3 cm³/mol. The summed E-state index contributed by atoms with van der Waals surface area (Å²) in [5.74, 6) is 1.25. The highest BCUT2D eigenvalue weighted by Crippen LogP contribution is 2.30. The average molecular weight is 270 g/mol. The van der Waals surface area contributed by atoms with Crippen LogP contribution in [0.3, 0.4) is 0 Å². The monoisotopic (exact) mass is 269 g/mol. The zero-order valence-electron chi connectivity index (χ0n) is 10.8. The van der Waals surface area contributed by atoms with Crippen molar-refractivity contribution in [2.24, 2.45) is 0 Å². The molecule has 0 atom stereocenters. The molecule has 1 aliphatic carbocycles. The number of methoxy groups -OCH3 is 1. The van der Waals surface area contributed by atoms with Gasteiger partial charge in [0, 0.05) is 6.04 Å². The van der Waals surface area contributed by atoms with Gasteiger partial charge in [0.25, 0.3) is 0 Å². The first-order valence-electron chi connectivity index (χ1n) is 6.62. The van der Waals surface area contributed by atoms with Crippen molar-refractivity contribution in [2.45, 2.75) is 51.0 Å². The van der Waals surface area contributed by atoms with Crippen LogP contribution in [-0.4, -0.2) is 23.1 Å². The van der Waals surface area contributed by atoms with E-state index in [1.54, 1.807) is 7.11 Å². The minimum Gasteiger partial charge on any atom is -0.490 e. The van der Waals surface area contributed by atoms with Crippen LogP contribution in [0.4, 0.5) is 5.82 Å². The van der Waals surface area contributed by atoms with Crippen LogP contribution in [0.25, 0.3) is 0 Å². The van der Waals surface area contributed by atoms with Crippen molar-refractivity contribution in [1.29, 1.82) is 0 Å². The predicted octanol–water partition coefficient (Wildman–Crippen LogP) is 3.66. The third kappa shape index (κ3) is 3.48. The maximum atomic E-state index is 5.99. The van der Waals surface area contributed by atoms with Crippen LogP contribution < -0.4 is 10.1 Å². The lowest BCUT2D eigenvalue weighted by Gasteiger charge is -2.22. The second-order valence-corrected chi connectivity index (χ2v) is 5.09. The first-order valence-corrected chi connectivity index (χ1v) is 7.00. The first-order chi connectivity index (χ1) is 8.81. The van der Waals surface area contributed by atoms with Gasteiger partial charge in [0.15, 0.2) is 16.7 Å². The van der Waals surface area contributed by atoms with Gasteiger partial charge in [-0.3, -0.25) is 0 Å². The lowest BCUT2D eigenvalue weighted by Crippen LogP contribution is -2.21. The highest BCUT2D eigenvalue weighted by molar-refractivity contribution is 6.31. The van der Waals surface area contributed by atoms with Gasteiger partial charge in [0.2, 0.25) is 0 Å². The summed E-state index contributed by atoms with van der Waals surface area (Å²) in [6, 6.07) is 0.463. The van der Waals surface area contributed by atoms with Gasteiger partial charge in [-0.1, -0.05) is 43.7 Å². The third-order valence-electron chi connectivity index (χ3n) is 3.41. The second kappa shape index (κ2) is 6.78. The van der Waals surface area contributed by atoms with Crippen molar-refractivity contribution in [2.75, 3.05) is 12.4 Å². The second-order valence-electron chi connectivity index (χ2n) is 4.73. The lowest BCUT2D eigenvalue weighted by molar-refractivity contribution is 0.410. The molecule has 0 aromatic carbocycles. The van der Waals surface area contributed by atoms with Crippen molar-refractivity contribution in [1.82, 2.24) is 9.97 Å². The Morgan fingerprint density at radius 1 is 1.17 bits per heavy atom. The number of nitrogens with zero attached hydrogens (tertiary/aromatic N) is 2. The molecule has 0 spiro atoms. The Balaban J connectivity index is 2.05. The Kier molecular flexibility index (Phi) is 5.05. The zero-order chi connectivity index (χ0) is 12.8. The molecular weight excluding hydrogens is 250 g/mol. The molecule has 1 heterocycles. The van der Waals surface area contributed by atoms with E-state index in [2.05, 4.69) is 15.3 Å². The van der Waals surface area contributed by atoms with Gasteiger partial charge in [-0.05, 0) is 12.8 Å². The molecule has 1 aromatic rings. The highest BCUT2D eigenvalue weighted by Gasteiger charge is 2.16. The maximum Gasteiger partial charge on any atom is 0.198 e. The fourth-order valence-corrected chi connectivity index (χ4v) is 2.64. The van der Waals surface area contributed by atoms with Gasteiger partial charge >= 0.3 is 0 Å². The molecule has 1 fully saturated rings. The molecule has 4 nitrogen and oxygen atoms in total. The van der Waals surface area contributed by atoms with Crippen LogP contribution in [0, 0.1) is 0 Å². The van der Waals surface area contributed by atoms with Gasteiger partial charge in [-0.2, -0.15) is 0 Å². The van der Waals surface area contributed by atoms with Crippen molar-refractivity contribution in [3.63, 3.8) is 0 Å². The molecule has 0 saturated heterocycles. The number of nitrogens with one attached hydrogen (secondary N) is 1. The Morgan fingerprint density at radius 2 is 1.83 bits per heavy atom. The molecule has 0 unspecified atom stereocenters. The highest BCUT2D eigenvalue weighted by atomic mass is 35.5. The molecular formula is C13H20ClN3O. The smallest absolute Gasteiger partial charge is 0.198 e. The number of rotatable bonds is 3. The van der Waals surface area contributed by atoms with Crippen molar-refractivity contribution >= 4 is 17.4 Å². The average Bonchev–Trinajstić information content (AvgIpc) is 2.32. The molecule has 100 valence electrons. The van der Waals surface area contributed by atoms with Crippen LogP contribution in [-0.2, 0) is 0 Å². The van der Waals surface area contributed by atoms with E-state index in [1.807, 2.05) is 0 Å².